The first kappa shape index (κ1) is 19.6. The number of carbonyl (C=O) groups excluding carboxylic acids is 1. The zero-order chi connectivity index (χ0) is 19.3. The second-order valence-electron chi connectivity index (χ2n) is 6.48. The molecule has 8 nitrogen and oxygen atoms in total. The van der Waals surface area contributed by atoms with Crippen molar-refractivity contribution in [2.75, 3.05) is 50.9 Å². The van der Waals surface area contributed by atoms with Crippen LogP contribution < -0.4 is 4.90 Å². The van der Waals surface area contributed by atoms with Crippen LogP contribution in [0.15, 0.2) is 23.1 Å². The van der Waals surface area contributed by atoms with Crippen LogP contribution in [0.4, 0.5) is 5.69 Å². The average molecular weight is 393 g/mol. The molecule has 9 heteroatoms. The minimum Gasteiger partial charge on any atom is -0.447 e. The lowest BCUT2D eigenvalue weighted by molar-refractivity contribution is 0.0555. The van der Waals surface area contributed by atoms with E-state index in [2.05, 4.69) is 4.90 Å². The average Bonchev–Trinajstić information content (AvgIpc) is 2.72. The zero-order valence-corrected chi connectivity index (χ0v) is 15.9. The molecule has 2 heterocycles. The van der Waals surface area contributed by atoms with E-state index in [-0.39, 0.29) is 30.2 Å². The molecule has 27 heavy (non-hydrogen) atoms. The maximum absolute atomic E-state index is 12.9. The summed E-state index contributed by atoms with van der Waals surface area (Å²) in [6.07, 6.45) is 3.16. The van der Waals surface area contributed by atoms with E-state index in [0.29, 0.717) is 18.9 Å². The minimum absolute atomic E-state index is 0.0501. The van der Waals surface area contributed by atoms with E-state index in [1.54, 1.807) is 12.1 Å². The molecule has 0 bridgehead atoms. The molecule has 0 aliphatic carbocycles. The maximum Gasteiger partial charge on any atom is 0.341 e. The number of anilines is 1. The minimum atomic E-state index is -3.72. The van der Waals surface area contributed by atoms with E-state index >= 15 is 0 Å². The highest BCUT2D eigenvalue weighted by Crippen LogP contribution is 2.29. The van der Waals surface area contributed by atoms with Crippen LogP contribution in [0.3, 0.4) is 0 Å². The van der Waals surface area contributed by atoms with Gasteiger partial charge in [0.25, 0.3) is 0 Å². The number of ether oxygens (including phenoxy) is 2. The molecule has 1 aromatic carbocycles. The van der Waals surface area contributed by atoms with Crippen molar-refractivity contribution in [3.05, 3.63) is 23.8 Å². The largest absolute Gasteiger partial charge is 0.447 e. The third-order valence-electron chi connectivity index (χ3n) is 4.76. The van der Waals surface area contributed by atoms with Crippen molar-refractivity contribution in [2.24, 2.45) is 0 Å². The molecule has 0 spiro atoms. The highest BCUT2D eigenvalue weighted by Gasteiger charge is 2.29. The fraction of sp³-hybridized carbons (Fsp3) is 0.556. The Morgan fingerprint density at radius 3 is 2.52 bits per heavy atom. The van der Waals surface area contributed by atoms with Crippen LogP contribution in [0.5, 0.6) is 0 Å². The molecular weight excluding hydrogens is 370 g/mol. The number of morpholine rings is 1. The van der Waals surface area contributed by atoms with Crippen LogP contribution in [0.2, 0.25) is 0 Å². The van der Waals surface area contributed by atoms with Gasteiger partial charge in [-0.3, -0.25) is 0 Å². The van der Waals surface area contributed by atoms with Crippen LogP contribution in [0, 0.1) is 11.3 Å². The van der Waals surface area contributed by atoms with Gasteiger partial charge in [-0.05, 0) is 37.5 Å². The van der Waals surface area contributed by atoms with Crippen molar-refractivity contribution in [1.29, 1.82) is 5.26 Å². The lowest BCUT2D eigenvalue weighted by Gasteiger charge is -2.31. The van der Waals surface area contributed by atoms with Gasteiger partial charge in [0.05, 0.1) is 29.4 Å². The quantitative estimate of drug-likeness (QED) is 0.697. The van der Waals surface area contributed by atoms with Crippen molar-refractivity contribution < 1.29 is 22.7 Å². The normalized spacial score (nSPS) is 18.7. The van der Waals surface area contributed by atoms with Crippen molar-refractivity contribution in [2.45, 2.75) is 24.2 Å². The van der Waals surface area contributed by atoms with E-state index in [4.69, 9.17) is 14.7 Å². The first-order chi connectivity index (χ1) is 13.0. The molecule has 2 fully saturated rings. The number of esters is 1. The van der Waals surface area contributed by atoms with Crippen LogP contribution >= 0.6 is 0 Å². The molecule has 2 aliphatic rings. The molecule has 0 N–H and O–H groups in total. The number of hydrogen-bond acceptors (Lipinski definition) is 7. The third kappa shape index (κ3) is 4.40. The molecule has 1 aromatic rings. The lowest BCUT2D eigenvalue weighted by Crippen LogP contribution is -2.40. The van der Waals surface area contributed by atoms with Gasteiger partial charge in [-0.2, -0.15) is 9.57 Å². The topological polar surface area (TPSA) is 99.9 Å². The monoisotopic (exact) mass is 393 g/mol. The van der Waals surface area contributed by atoms with Gasteiger partial charge < -0.3 is 14.4 Å². The molecule has 3 rings (SSSR count). The summed E-state index contributed by atoms with van der Waals surface area (Å²) in [4.78, 5) is 14.6. The number of nitriles is 1. The number of rotatable bonds is 5. The van der Waals surface area contributed by atoms with Crippen molar-refractivity contribution in [3.8, 4) is 6.07 Å². The Kier molecular flexibility index (Phi) is 6.31. The maximum atomic E-state index is 12.9. The fourth-order valence-electron chi connectivity index (χ4n) is 3.36. The molecule has 0 radical (unpaired) electrons. The fourth-order valence-corrected chi connectivity index (χ4v) is 4.80. The SMILES string of the molecule is N#CCOC(=O)c1cc(S(=O)(=O)N2CCOCC2)ccc1N1CCCCC1. The Bertz CT molecular complexity index is 822. The number of sulfonamides is 1. The molecule has 0 aromatic heterocycles. The van der Waals surface area contributed by atoms with Gasteiger partial charge in [-0.15, -0.1) is 0 Å². The molecule has 0 amide bonds. The summed E-state index contributed by atoms with van der Waals surface area (Å²) in [6.45, 7) is 2.49. The lowest BCUT2D eigenvalue weighted by atomic mass is 10.1. The summed E-state index contributed by atoms with van der Waals surface area (Å²) in [5.41, 5.74) is 0.833. The number of piperidine rings is 1. The molecule has 0 saturated carbocycles. The van der Waals surface area contributed by atoms with Crippen molar-refractivity contribution >= 4 is 21.7 Å². The highest BCUT2D eigenvalue weighted by molar-refractivity contribution is 7.89. The summed E-state index contributed by atoms with van der Waals surface area (Å²) < 4.78 is 37.4. The summed E-state index contributed by atoms with van der Waals surface area (Å²) in [5.74, 6) is -0.684. The highest BCUT2D eigenvalue weighted by atomic mass is 32.2. The molecule has 2 aliphatic heterocycles. The Hall–Kier alpha value is -2.15. The predicted octanol–water partition coefficient (Wildman–Crippen LogP) is 1.38. The smallest absolute Gasteiger partial charge is 0.341 e. The first-order valence-electron chi connectivity index (χ1n) is 9.05. The predicted molar refractivity (Wildman–Crippen MR) is 98.0 cm³/mol. The van der Waals surface area contributed by atoms with Gasteiger partial charge in [0.1, 0.15) is 6.07 Å². The van der Waals surface area contributed by atoms with Crippen molar-refractivity contribution in [3.63, 3.8) is 0 Å². The van der Waals surface area contributed by atoms with Crippen LogP contribution in [0.1, 0.15) is 29.6 Å². The Morgan fingerprint density at radius 2 is 1.85 bits per heavy atom. The van der Waals surface area contributed by atoms with Gasteiger partial charge in [-0.1, -0.05) is 0 Å². The van der Waals surface area contributed by atoms with E-state index in [0.717, 1.165) is 32.4 Å². The van der Waals surface area contributed by atoms with Gasteiger partial charge in [0.15, 0.2) is 6.61 Å². The molecule has 0 atom stereocenters. The molecule has 2 saturated heterocycles. The molecule has 146 valence electrons. The van der Waals surface area contributed by atoms with Gasteiger partial charge in [0, 0.05) is 26.2 Å². The Balaban J connectivity index is 1.96. The third-order valence-corrected chi connectivity index (χ3v) is 6.65. The Labute approximate surface area is 159 Å². The summed E-state index contributed by atoms with van der Waals surface area (Å²) in [7, 11) is -3.72. The van der Waals surface area contributed by atoms with E-state index in [1.165, 1.54) is 16.4 Å². The summed E-state index contributed by atoms with van der Waals surface area (Å²) in [5, 5.41) is 8.68. The van der Waals surface area contributed by atoms with E-state index in [9.17, 15) is 13.2 Å². The number of nitrogens with zero attached hydrogens (tertiary/aromatic N) is 3. The first-order valence-corrected chi connectivity index (χ1v) is 10.5. The summed E-state index contributed by atoms with van der Waals surface area (Å²) in [6, 6.07) is 6.34. The van der Waals surface area contributed by atoms with E-state index in [1.807, 2.05) is 0 Å². The second kappa shape index (κ2) is 8.69. The van der Waals surface area contributed by atoms with Crippen LogP contribution in [-0.4, -0.2) is 64.7 Å². The number of benzene rings is 1. The van der Waals surface area contributed by atoms with E-state index < -0.39 is 16.0 Å². The van der Waals surface area contributed by atoms with Gasteiger partial charge in [-0.25, -0.2) is 13.2 Å². The molecular formula is C18H23N3O5S. The van der Waals surface area contributed by atoms with Crippen molar-refractivity contribution in [1.82, 2.24) is 4.31 Å². The van der Waals surface area contributed by atoms with Crippen LogP contribution in [-0.2, 0) is 19.5 Å². The van der Waals surface area contributed by atoms with Gasteiger partial charge in [0.2, 0.25) is 10.0 Å². The zero-order valence-electron chi connectivity index (χ0n) is 15.1. The number of carbonyl (C=O) groups is 1. The van der Waals surface area contributed by atoms with Gasteiger partial charge >= 0.3 is 5.97 Å². The Morgan fingerprint density at radius 1 is 1.15 bits per heavy atom. The standard InChI is InChI=1S/C18H23N3O5S/c19-6-11-26-18(22)16-14-15(27(23,24)21-9-12-25-13-10-21)4-5-17(16)20-7-2-1-3-8-20/h4-5,14H,1-3,7-13H2. The second-order valence-corrected chi connectivity index (χ2v) is 8.42. The summed E-state index contributed by atoms with van der Waals surface area (Å²) >= 11 is 0. The number of hydrogen-bond donors (Lipinski definition) is 0. The molecule has 0 unspecified atom stereocenters. The van der Waals surface area contributed by atoms with Crippen LogP contribution in [0.25, 0.3) is 0 Å².